The predicted molar refractivity (Wildman–Crippen MR) is 74.5 cm³/mol. The van der Waals surface area contributed by atoms with Gasteiger partial charge in [-0.25, -0.2) is 8.78 Å². The van der Waals surface area contributed by atoms with Crippen molar-refractivity contribution in [2.24, 2.45) is 0 Å². The standard InChI is InChI=1S/C15H20F2N2O2/c1-2-3-7-21-8-6-19-14(20)10-18-15(19)11-4-5-12(16)13(17)9-11/h4-5,9,15,18H,2-3,6-8,10H2,1H3. The molecule has 1 saturated heterocycles. The Morgan fingerprint density at radius 3 is 2.86 bits per heavy atom. The van der Waals surface area contributed by atoms with Crippen molar-refractivity contribution in [2.75, 3.05) is 26.3 Å². The van der Waals surface area contributed by atoms with Crippen molar-refractivity contribution in [3.05, 3.63) is 35.4 Å². The van der Waals surface area contributed by atoms with Gasteiger partial charge in [0.05, 0.1) is 13.2 Å². The van der Waals surface area contributed by atoms with Crippen LogP contribution in [0.3, 0.4) is 0 Å². The molecule has 0 saturated carbocycles. The fourth-order valence-corrected chi connectivity index (χ4v) is 2.29. The van der Waals surface area contributed by atoms with E-state index in [9.17, 15) is 13.6 Å². The van der Waals surface area contributed by atoms with Gasteiger partial charge in [-0.05, 0) is 24.1 Å². The SMILES string of the molecule is CCCCOCCN1C(=O)CNC1c1ccc(F)c(F)c1. The zero-order chi connectivity index (χ0) is 15.2. The zero-order valence-electron chi connectivity index (χ0n) is 12.1. The maximum absolute atomic E-state index is 13.3. The number of rotatable bonds is 7. The highest BCUT2D eigenvalue weighted by Gasteiger charge is 2.31. The second kappa shape index (κ2) is 7.47. The van der Waals surface area contributed by atoms with Crippen molar-refractivity contribution in [1.29, 1.82) is 0 Å². The third-order valence-corrected chi connectivity index (χ3v) is 3.46. The molecule has 0 aromatic heterocycles. The van der Waals surface area contributed by atoms with Crippen LogP contribution in [0.4, 0.5) is 8.78 Å². The van der Waals surface area contributed by atoms with E-state index in [1.165, 1.54) is 6.07 Å². The number of halogens is 2. The Kier molecular flexibility index (Phi) is 5.64. The number of nitrogens with zero attached hydrogens (tertiary/aromatic N) is 1. The lowest BCUT2D eigenvalue weighted by molar-refractivity contribution is -0.128. The maximum Gasteiger partial charge on any atom is 0.238 e. The lowest BCUT2D eigenvalue weighted by atomic mass is 10.1. The molecule has 0 radical (unpaired) electrons. The van der Waals surface area contributed by atoms with Gasteiger partial charge in [-0.1, -0.05) is 19.4 Å². The molecule has 1 aromatic rings. The molecular formula is C15H20F2N2O2. The summed E-state index contributed by atoms with van der Waals surface area (Å²) in [5.74, 6) is -1.87. The van der Waals surface area contributed by atoms with Crippen LogP contribution in [-0.2, 0) is 9.53 Å². The van der Waals surface area contributed by atoms with E-state index in [0.717, 1.165) is 25.0 Å². The van der Waals surface area contributed by atoms with Crippen LogP contribution >= 0.6 is 0 Å². The molecule has 1 heterocycles. The van der Waals surface area contributed by atoms with Gasteiger partial charge in [0.2, 0.25) is 5.91 Å². The van der Waals surface area contributed by atoms with Gasteiger partial charge >= 0.3 is 0 Å². The number of nitrogens with one attached hydrogen (secondary N) is 1. The van der Waals surface area contributed by atoms with E-state index in [1.807, 2.05) is 0 Å². The molecule has 1 aromatic carbocycles. The van der Waals surface area contributed by atoms with Gasteiger partial charge in [-0.15, -0.1) is 0 Å². The lowest BCUT2D eigenvalue weighted by Gasteiger charge is -2.24. The second-order valence-corrected chi connectivity index (χ2v) is 5.01. The van der Waals surface area contributed by atoms with E-state index in [2.05, 4.69) is 12.2 Å². The van der Waals surface area contributed by atoms with E-state index in [-0.39, 0.29) is 12.5 Å². The topological polar surface area (TPSA) is 41.6 Å². The van der Waals surface area contributed by atoms with Gasteiger partial charge in [0, 0.05) is 13.2 Å². The van der Waals surface area contributed by atoms with Crippen molar-refractivity contribution in [3.63, 3.8) is 0 Å². The van der Waals surface area contributed by atoms with Crippen molar-refractivity contribution >= 4 is 5.91 Å². The summed E-state index contributed by atoms with van der Waals surface area (Å²) < 4.78 is 31.8. The third-order valence-electron chi connectivity index (χ3n) is 3.46. The minimum Gasteiger partial charge on any atom is -0.380 e. The van der Waals surface area contributed by atoms with Crippen molar-refractivity contribution < 1.29 is 18.3 Å². The Morgan fingerprint density at radius 2 is 2.14 bits per heavy atom. The van der Waals surface area contributed by atoms with Gasteiger partial charge < -0.3 is 9.64 Å². The number of amides is 1. The number of ether oxygens (including phenoxy) is 1. The molecule has 0 spiro atoms. The van der Waals surface area contributed by atoms with Crippen LogP contribution in [0.25, 0.3) is 0 Å². The van der Waals surface area contributed by atoms with Crippen molar-refractivity contribution in [2.45, 2.75) is 25.9 Å². The van der Waals surface area contributed by atoms with Crippen LogP contribution in [0.15, 0.2) is 18.2 Å². The van der Waals surface area contributed by atoms with Crippen LogP contribution in [0.5, 0.6) is 0 Å². The smallest absolute Gasteiger partial charge is 0.238 e. The highest BCUT2D eigenvalue weighted by Crippen LogP contribution is 2.23. The quantitative estimate of drug-likeness (QED) is 0.785. The molecule has 0 bridgehead atoms. The molecule has 1 atom stereocenters. The molecule has 0 aliphatic carbocycles. The molecule has 21 heavy (non-hydrogen) atoms. The molecule has 6 heteroatoms. The van der Waals surface area contributed by atoms with Gasteiger partial charge in [0.25, 0.3) is 0 Å². The minimum atomic E-state index is -0.909. The Labute approximate surface area is 123 Å². The van der Waals surface area contributed by atoms with Crippen LogP contribution in [0, 0.1) is 11.6 Å². The molecule has 1 amide bonds. The number of unbranched alkanes of at least 4 members (excludes halogenated alkanes) is 1. The molecule has 1 aliphatic rings. The second-order valence-electron chi connectivity index (χ2n) is 5.01. The fourth-order valence-electron chi connectivity index (χ4n) is 2.29. The van der Waals surface area contributed by atoms with E-state index < -0.39 is 17.8 Å². The molecule has 4 nitrogen and oxygen atoms in total. The van der Waals surface area contributed by atoms with Crippen LogP contribution in [0.2, 0.25) is 0 Å². The lowest BCUT2D eigenvalue weighted by Crippen LogP contribution is -2.33. The average molecular weight is 298 g/mol. The van der Waals surface area contributed by atoms with Gasteiger partial charge in [0.1, 0.15) is 6.17 Å². The molecular weight excluding hydrogens is 278 g/mol. The zero-order valence-corrected chi connectivity index (χ0v) is 12.1. The summed E-state index contributed by atoms with van der Waals surface area (Å²) in [5.41, 5.74) is 0.535. The number of benzene rings is 1. The Balaban J connectivity index is 1.97. The van der Waals surface area contributed by atoms with Gasteiger partial charge in [-0.2, -0.15) is 0 Å². The first-order valence-electron chi connectivity index (χ1n) is 7.19. The number of carbonyl (C=O) groups is 1. The number of carbonyl (C=O) groups excluding carboxylic acids is 1. The minimum absolute atomic E-state index is 0.0659. The monoisotopic (exact) mass is 298 g/mol. The molecule has 116 valence electrons. The fraction of sp³-hybridized carbons (Fsp3) is 0.533. The Bertz CT molecular complexity index is 497. The summed E-state index contributed by atoms with van der Waals surface area (Å²) in [6.45, 7) is 3.81. The maximum atomic E-state index is 13.3. The first kappa shape index (κ1) is 15.9. The molecule has 1 fully saturated rings. The first-order valence-corrected chi connectivity index (χ1v) is 7.19. The summed E-state index contributed by atoms with van der Waals surface area (Å²) in [6, 6.07) is 3.68. The Hall–Kier alpha value is -1.53. The van der Waals surface area contributed by atoms with E-state index in [0.29, 0.717) is 25.3 Å². The summed E-state index contributed by atoms with van der Waals surface area (Å²) in [7, 11) is 0. The molecule has 1 N–H and O–H groups in total. The number of hydrogen-bond acceptors (Lipinski definition) is 3. The number of hydrogen-bond donors (Lipinski definition) is 1. The van der Waals surface area contributed by atoms with Crippen LogP contribution in [0.1, 0.15) is 31.5 Å². The average Bonchev–Trinajstić information content (AvgIpc) is 2.83. The molecule has 1 aliphatic heterocycles. The highest BCUT2D eigenvalue weighted by atomic mass is 19.2. The predicted octanol–water partition coefficient (Wildman–Crippen LogP) is 2.21. The summed E-state index contributed by atoms with van der Waals surface area (Å²) in [6.07, 6.45) is 1.61. The Morgan fingerprint density at radius 1 is 1.33 bits per heavy atom. The van der Waals surface area contributed by atoms with Gasteiger partial charge in [0.15, 0.2) is 11.6 Å². The van der Waals surface area contributed by atoms with E-state index in [4.69, 9.17) is 4.74 Å². The van der Waals surface area contributed by atoms with Crippen molar-refractivity contribution in [1.82, 2.24) is 10.2 Å². The summed E-state index contributed by atoms with van der Waals surface area (Å²) >= 11 is 0. The highest BCUT2D eigenvalue weighted by molar-refractivity contribution is 5.80. The largest absolute Gasteiger partial charge is 0.380 e. The molecule has 2 rings (SSSR count). The third kappa shape index (κ3) is 3.98. The first-order chi connectivity index (χ1) is 10.1. The van der Waals surface area contributed by atoms with Gasteiger partial charge in [-0.3, -0.25) is 10.1 Å². The van der Waals surface area contributed by atoms with Crippen LogP contribution in [-0.4, -0.2) is 37.1 Å². The molecule has 1 unspecified atom stereocenters. The van der Waals surface area contributed by atoms with Crippen LogP contribution < -0.4 is 5.32 Å². The normalized spacial score (nSPS) is 18.5. The summed E-state index contributed by atoms with van der Waals surface area (Å²) in [4.78, 5) is 13.5. The van der Waals surface area contributed by atoms with Crippen molar-refractivity contribution in [3.8, 4) is 0 Å². The van der Waals surface area contributed by atoms with E-state index >= 15 is 0 Å². The summed E-state index contributed by atoms with van der Waals surface area (Å²) in [5, 5.41) is 3.00. The van der Waals surface area contributed by atoms with E-state index in [1.54, 1.807) is 4.90 Å².